The minimum absolute atomic E-state index is 0.0882. The van der Waals surface area contributed by atoms with Crippen LogP contribution in [0.15, 0.2) is 23.3 Å². The zero-order valence-electron chi connectivity index (χ0n) is 14.2. The number of anilines is 1. The molecule has 0 unspecified atom stereocenters. The molecule has 134 valence electrons. The predicted octanol–water partition coefficient (Wildman–Crippen LogP) is 1.00. The Morgan fingerprint density at radius 3 is 2.80 bits per heavy atom. The van der Waals surface area contributed by atoms with Crippen LogP contribution in [0.4, 0.5) is 5.69 Å². The molecule has 0 aliphatic carbocycles. The lowest BCUT2D eigenvalue weighted by molar-refractivity contribution is -0.142. The molecular formula is C17H21N3O5. The Hall–Kier alpha value is -2.74. The minimum Gasteiger partial charge on any atom is -0.480 e. The van der Waals surface area contributed by atoms with Crippen LogP contribution in [0.3, 0.4) is 0 Å². The third-order valence-corrected chi connectivity index (χ3v) is 3.65. The van der Waals surface area contributed by atoms with Crippen LogP contribution < -0.4 is 10.3 Å². The number of amides is 2. The Morgan fingerprint density at radius 2 is 2.08 bits per heavy atom. The highest BCUT2D eigenvalue weighted by Crippen LogP contribution is 2.25. The van der Waals surface area contributed by atoms with Gasteiger partial charge in [-0.15, -0.1) is 0 Å². The van der Waals surface area contributed by atoms with E-state index in [1.54, 1.807) is 0 Å². The molecule has 1 aromatic carbocycles. The number of aryl methyl sites for hydroxylation is 2. The monoisotopic (exact) mass is 347 g/mol. The van der Waals surface area contributed by atoms with Crippen molar-refractivity contribution < 1.29 is 24.2 Å². The summed E-state index contributed by atoms with van der Waals surface area (Å²) in [5.74, 6) is -1.61. The highest BCUT2D eigenvalue weighted by Gasteiger charge is 2.26. The summed E-state index contributed by atoms with van der Waals surface area (Å²) in [6, 6.07) is 5.71. The molecule has 1 aliphatic heterocycles. The van der Waals surface area contributed by atoms with Gasteiger partial charge in [0.2, 0.25) is 5.91 Å². The maximum Gasteiger partial charge on any atom is 0.329 e. The van der Waals surface area contributed by atoms with Crippen molar-refractivity contribution >= 4 is 29.2 Å². The van der Waals surface area contributed by atoms with Gasteiger partial charge in [-0.25, -0.2) is 9.80 Å². The number of benzene rings is 1. The van der Waals surface area contributed by atoms with Crippen molar-refractivity contribution in [1.82, 2.24) is 5.32 Å². The van der Waals surface area contributed by atoms with Gasteiger partial charge in [-0.2, -0.15) is 5.10 Å². The number of nitrogens with zero attached hydrogens (tertiary/aromatic N) is 2. The highest BCUT2D eigenvalue weighted by molar-refractivity contribution is 6.40. The number of rotatable bonds is 7. The SMILES string of the molecule is Cc1ccc(C)c(N2N=C(C(=O)NCCOCC(=O)O)CCC2=O)c1. The molecule has 0 spiro atoms. The number of hydrogen-bond donors (Lipinski definition) is 2. The fraction of sp³-hybridized carbons (Fsp3) is 0.412. The van der Waals surface area contributed by atoms with Crippen LogP contribution in [0.2, 0.25) is 0 Å². The van der Waals surface area contributed by atoms with Gasteiger partial charge in [0.15, 0.2) is 0 Å². The van der Waals surface area contributed by atoms with Crippen LogP contribution in [0.5, 0.6) is 0 Å². The first-order chi connectivity index (χ1) is 11.9. The Balaban J connectivity index is 2.03. The molecule has 2 rings (SSSR count). The molecule has 1 heterocycles. The maximum atomic E-state index is 12.2. The highest BCUT2D eigenvalue weighted by atomic mass is 16.5. The van der Waals surface area contributed by atoms with Crippen LogP contribution in [0, 0.1) is 13.8 Å². The second kappa shape index (κ2) is 8.39. The average molecular weight is 347 g/mol. The fourth-order valence-electron chi connectivity index (χ4n) is 2.35. The van der Waals surface area contributed by atoms with Gasteiger partial charge in [-0.05, 0) is 31.0 Å². The number of aliphatic carboxylic acids is 1. The molecule has 8 heteroatoms. The number of ether oxygens (including phenoxy) is 1. The average Bonchev–Trinajstić information content (AvgIpc) is 2.57. The van der Waals surface area contributed by atoms with Crippen molar-refractivity contribution in [2.24, 2.45) is 5.10 Å². The molecular weight excluding hydrogens is 326 g/mol. The summed E-state index contributed by atoms with van der Waals surface area (Å²) in [5, 5.41) is 16.6. The molecule has 0 saturated carbocycles. The molecule has 0 bridgehead atoms. The normalized spacial score (nSPS) is 14.2. The van der Waals surface area contributed by atoms with Crippen molar-refractivity contribution in [3.63, 3.8) is 0 Å². The first-order valence-electron chi connectivity index (χ1n) is 7.94. The molecule has 0 saturated heterocycles. The summed E-state index contributed by atoms with van der Waals surface area (Å²) in [6.07, 6.45) is 0.469. The molecule has 1 aliphatic rings. The Kier molecular flexibility index (Phi) is 6.24. The molecule has 1 aromatic rings. The van der Waals surface area contributed by atoms with E-state index in [0.717, 1.165) is 11.1 Å². The molecule has 8 nitrogen and oxygen atoms in total. The molecule has 25 heavy (non-hydrogen) atoms. The second-order valence-electron chi connectivity index (χ2n) is 5.74. The number of carbonyl (C=O) groups is 3. The smallest absolute Gasteiger partial charge is 0.329 e. The first-order valence-corrected chi connectivity index (χ1v) is 7.94. The number of hydrogen-bond acceptors (Lipinski definition) is 5. The number of nitrogens with one attached hydrogen (secondary N) is 1. The second-order valence-corrected chi connectivity index (χ2v) is 5.74. The standard InChI is InChI=1S/C17H21N3O5/c1-11-3-4-12(2)14(9-11)20-15(21)6-5-13(19-20)17(24)18-7-8-25-10-16(22)23/h3-4,9H,5-8,10H2,1-2H3,(H,18,24)(H,22,23). The number of carboxylic acid groups (broad SMARTS) is 1. The number of carboxylic acids is 1. The van der Waals surface area contributed by atoms with Gasteiger partial charge in [-0.3, -0.25) is 9.59 Å². The Morgan fingerprint density at radius 1 is 1.32 bits per heavy atom. The third-order valence-electron chi connectivity index (χ3n) is 3.65. The first kappa shape index (κ1) is 18.6. The zero-order valence-corrected chi connectivity index (χ0v) is 14.2. The Bertz CT molecular complexity index is 714. The molecule has 0 aromatic heterocycles. The molecule has 2 amide bonds. The van der Waals surface area contributed by atoms with Gasteiger partial charge >= 0.3 is 5.97 Å². The molecule has 0 fully saturated rings. The van der Waals surface area contributed by atoms with Crippen molar-refractivity contribution in [2.75, 3.05) is 24.8 Å². The maximum absolute atomic E-state index is 12.2. The van der Waals surface area contributed by atoms with Gasteiger partial charge in [-0.1, -0.05) is 12.1 Å². The lowest BCUT2D eigenvalue weighted by atomic mass is 10.1. The lowest BCUT2D eigenvalue weighted by Gasteiger charge is -2.24. The summed E-state index contributed by atoms with van der Waals surface area (Å²) in [4.78, 5) is 34.7. The van der Waals surface area contributed by atoms with Crippen LogP contribution in [0.1, 0.15) is 24.0 Å². The minimum atomic E-state index is -1.06. The van der Waals surface area contributed by atoms with E-state index in [1.807, 2.05) is 32.0 Å². The van der Waals surface area contributed by atoms with Crippen LogP contribution in [-0.2, 0) is 19.1 Å². The molecule has 0 radical (unpaired) electrons. The topological polar surface area (TPSA) is 108 Å². The van der Waals surface area contributed by atoms with Crippen LogP contribution in [0.25, 0.3) is 0 Å². The largest absolute Gasteiger partial charge is 0.480 e. The van der Waals surface area contributed by atoms with Gasteiger partial charge < -0.3 is 15.2 Å². The Labute approximate surface area is 145 Å². The fourth-order valence-corrected chi connectivity index (χ4v) is 2.35. The van der Waals surface area contributed by atoms with Gasteiger partial charge in [0, 0.05) is 19.4 Å². The van der Waals surface area contributed by atoms with Crippen molar-refractivity contribution in [2.45, 2.75) is 26.7 Å². The van der Waals surface area contributed by atoms with E-state index in [9.17, 15) is 14.4 Å². The summed E-state index contributed by atoms with van der Waals surface area (Å²) in [7, 11) is 0. The number of carbonyl (C=O) groups excluding carboxylic acids is 2. The third kappa shape index (κ3) is 5.12. The van der Waals surface area contributed by atoms with E-state index in [-0.39, 0.29) is 43.5 Å². The summed E-state index contributed by atoms with van der Waals surface area (Å²) in [5.41, 5.74) is 2.82. The van der Waals surface area contributed by atoms with Gasteiger partial charge in [0.05, 0.1) is 12.3 Å². The predicted molar refractivity (Wildman–Crippen MR) is 91.5 cm³/mol. The lowest BCUT2D eigenvalue weighted by Crippen LogP contribution is -2.40. The quantitative estimate of drug-likeness (QED) is 0.716. The van der Waals surface area contributed by atoms with Crippen LogP contribution >= 0.6 is 0 Å². The van der Waals surface area contributed by atoms with Gasteiger partial charge in [0.25, 0.3) is 5.91 Å². The van der Waals surface area contributed by atoms with E-state index in [4.69, 9.17) is 9.84 Å². The van der Waals surface area contributed by atoms with E-state index < -0.39 is 12.6 Å². The van der Waals surface area contributed by atoms with E-state index >= 15 is 0 Å². The molecule has 2 N–H and O–H groups in total. The number of hydrazone groups is 1. The molecule has 0 atom stereocenters. The summed E-state index contributed by atoms with van der Waals surface area (Å²) >= 11 is 0. The van der Waals surface area contributed by atoms with Crippen LogP contribution in [-0.4, -0.2) is 48.4 Å². The van der Waals surface area contributed by atoms with Crippen molar-refractivity contribution in [1.29, 1.82) is 0 Å². The van der Waals surface area contributed by atoms with E-state index in [2.05, 4.69) is 10.4 Å². The summed E-state index contributed by atoms with van der Waals surface area (Å²) in [6.45, 7) is 3.65. The van der Waals surface area contributed by atoms with Crippen molar-refractivity contribution in [3.8, 4) is 0 Å². The zero-order chi connectivity index (χ0) is 18.4. The van der Waals surface area contributed by atoms with E-state index in [1.165, 1.54) is 5.01 Å². The van der Waals surface area contributed by atoms with Crippen molar-refractivity contribution in [3.05, 3.63) is 29.3 Å². The van der Waals surface area contributed by atoms with E-state index in [0.29, 0.717) is 5.69 Å². The summed E-state index contributed by atoms with van der Waals surface area (Å²) < 4.78 is 4.85. The van der Waals surface area contributed by atoms with Gasteiger partial charge in [0.1, 0.15) is 12.3 Å².